The Bertz CT molecular complexity index is 1010. The van der Waals surface area contributed by atoms with E-state index in [4.69, 9.17) is 9.84 Å². The lowest BCUT2D eigenvalue weighted by Gasteiger charge is -2.30. The number of aldehydes is 1. The van der Waals surface area contributed by atoms with Crippen LogP contribution in [0.15, 0.2) is 66.8 Å². The van der Waals surface area contributed by atoms with E-state index in [1.54, 1.807) is 32.9 Å². The second-order valence-corrected chi connectivity index (χ2v) is 10.5. The molecule has 228 valence electrons. The first-order chi connectivity index (χ1) is 19.4. The van der Waals surface area contributed by atoms with Gasteiger partial charge in [-0.3, -0.25) is 14.5 Å². The third-order valence-corrected chi connectivity index (χ3v) is 5.80. The quantitative estimate of drug-likeness (QED) is 0.207. The number of rotatable bonds is 15. The summed E-state index contributed by atoms with van der Waals surface area (Å²) in [6.45, 7) is 14.8. The van der Waals surface area contributed by atoms with E-state index in [1.165, 1.54) is 4.90 Å². The van der Waals surface area contributed by atoms with Crippen LogP contribution in [0.5, 0.6) is 0 Å². The second kappa shape index (κ2) is 20.2. The molecule has 3 N–H and O–H groups in total. The highest BCUT2D eigenvalue weighted by atomic mass is 16.6. The van der Waals surface area contributed by atoms with Gasteiger partial charge < -0.3 is 25.3 Å². The SMILES string of the molecule is C=C/C(=C\C=C/C)CC(NC(=O)CN(CC(C)c1ccccc1)C(=O)OC(C)(C)C)C(=O)N[C@@H](C=O)CCC.CO. The second-order valence-electron chi connectivity index (χ2n) is 10.5. The monoisotopic (exact) mass is 571 g/mol. The average molecular weight is 572 g/mol. The summed E-state index contributed by atoms with van der Waals surface area (Å²) < 4.78 is 5.57. The van der Waals surface area contributed by atoms with Crippen molar-refractivity contribution >= 4 is 24.2 Å². The van der Waals surface area contributed by atoms with Crippen LogP contribution >= 0.6 is 0 Å². The predicted octanol–water partition coefficient (Wildman–Crippen LogP) is 4.68. The molecule has 0 radical (unpaired) electrons. The molecule has 0 bridgehead atoms. The van der Waals surface area contributed by atoms with E-state index in [1.807, 2.05) is 63.3 Å². The van der Waals surface area contributed by atoms with Gasteiger partial charge in [0.05, 0.1) is 6.04 Å². The summed E-state index contributed by atoms with van der Waals surface area (Å²) in [7, 11) is 1.00. The van der Waals surface area contributed by atoms with Gasteiger partial charge >= 0.3 is 6.09 Å². The maximum absolute atomic E-state index is 13.3. The zero-order chi connectivity index (χ0) is 31.4. The van der Waals surface area contributed by atoms with Crippen LogP contribution in [0, 0.1) is 0 Å². The van der Waals surface area contributed by atoms with Crippen molar-refractivity contribution in [2.45, 2.75) is 84.4 Å². The lowest BCUT2D eigenvalue weighted by molar-refractivity contribution is -0.130. The highest BCUT2D eigenvalue weighted by Gasteiger charge is 2.28. The minimum atomic E-state index is -0.974. The van der Waals surface area contributed by atoms with Crippen molar-refractivity contribution < 1.29 is 29.0 Å². The number of carbonyl (C=O) groups excluding carboxylic acids is 4. The molecule has 9 nitrogen and oxygen atoms in total. The Morgan fingerprint density at radius 3 is 2.27 bits per heavy atom. The molecule has 0 aliphatic carbocycles. The van der Waals surface area contributed by atoms with E-state index in [0.717, 1.165) is 18.2 Å². The van der Waals surface area contributed by atoms with Gasteiger partial charge in [0.1, 0.15) is 24.5 Å². The summed E-state index contributed by atoms with van der Waals surface area (Å²) in [5.74, 6) is -1.07. The van der Waals surface area contributed by atoms with E-state index in [9.17, 15) is 19.2 Å². The van der Waals surface area contributed by atoms with Crippen molar-refractivity contribution in [2.75, 3.05) is 20.2 Å². The molecule has 0 saturated heterocycles. The summed E-state index contributed by atoms with van der Waals surface area (Å²) in [5, 5.41) is 12.5. The number of benzene rings is 1. The van der Waals surface area contributed by atoms with Gasteiger partial charge in [-0.15, -0.1) is 0 Å². The van der Waals surface area contributed by atoms with E-state index in [2.05, 4.69) is 17.2 Å². The minimum Gasteiger partial charge on any atom is -0.444 e. The Morgan fingerprint density at radius 1 is 1.12 bits per heavy atom. The van der Waals surface area contributed by atoms with Gasteiger partial charge in [-0.05, 0) is 51.2 Å². The van der Waals surface area contributed by atoms with Gasteiger partial charge in [0.15, 0.2) is 0 Å². The first-order valence-corrected chi connectivity index (χ1v) is 13.9. The molecule has 0 spiro atoms. The van der Waals surface area contributed by atoms with Gasteiger partial charge in [-0.25, -0.2) is 4.79 Å². The number of aliphatic hydroxyl groups is 1. The average Bonchev–Trinajstić information content (AvgIpc) is 2.94. The van der Waals surface area contributed by atoms with Crippen molar-refractivity contribution in [3.05, 3.63) is 72.4 Å². The summed E-state index contributed by atoms with van der Waals surface area (Å²) in [6, 6.07) is 8.06. The fourth-order valence-electron chi connectivity index (χ4n) is 3.81. The van der Waals surface area contributed by atoms with Crippen molar-refractivity contribution in [3.63, 3.8) is 0 Å². The Hall–Kier alpha value is -3.72. The maximum atomic E-state index is 13.3. The van der Waals surface area contributed by atoms with Gasteiger partial charge in [-0.2, -0.15) is 0 Å². The molecule has 3 amide bonds. The number of allylic oxidation sites excluding steroid dienone is 4. The number of carbonyl (C=O) groups is 4. The van der Waals surface area contributed by atoms with Crippen LogP contribution < -0.4 is 10.6 Å². The highest BCUT2D eigenvalue weighted by Crippen LogP contribution is 2.18. The Morgan fingerprint density at radius 2 is 1.76 bits per heavy atom. The third-order valence-electron chi connectivity index (χ3n) is 5.80. The largest absolute Gasteiger partial charge is 0.444 e. The van der Waals surface area contributed by atoms with Crippen LogP contribution in [0.1, 0.15) is 72.3 Å². The fourth-order valence-corrected chi connectivity index (χ4v) is 3.81. The molecule has 41 heavy (non-hydrogen) atoms. The molecule has 2 unspecified atom stereocenters. The molecule has 0 fully saturated rings. The van der Waals surface area contributed by atoms with E-state index < -0.39 is 35.6 Å². The molecular formula is C32H49N3O6. The molecule has 9 heteroatoms. The van der Waals surface area contributed by atoms with Gasteiger partial charge in [-0.1, -0.05) is 81.5 Å². The zero-order valence-corrected chi connectivity index (χ0v) is 25.7. The molecule has 0 aromatic heterocycles. The molecule has 0 aliphatic heterocycles. The normalized spacial score (nSPS) is 13.6. The number of amides is 3. The Balaban J connectivity index is 0.00000781. The van der Waals surface area contributed by atoms with Crippen LogP contribution in [0.2, 0.25) is 0 Å². The van der Waals surface area contributed by atoms with Crippen LogP contribution in [-0.2, 0) is 19.1 Å². The standard InChI is InChI=1S/C31H45N3O5.CH4O/c1-8-11-16-24(10-3)19-27(29(37)32-26(22-35)15-9-2)33-28(36)21-34(30(38)39-31(5,6)7)20-23(4)25-17-13-12-14-18-25;1-2/h8,10-14,16-18,22-23,26-27H,3,9,15,19-21H2,1-2,4-7H3,(H,32,37)(H,33,36);2H,1H3/b11-8-,24-16+;/t23?,26-,27?;/m1./s1. The van der Waals surface area contributed by atoms with Crippen LogP contribution in [0.25, 0.3) is 0 Å². The summed E-state index contributed by atoms with van der Waals surface area (Å²) in [4.78, 5) is 52.3. The lowest BCUT2D eigenvalue weighted by Crippen LogP contribution is -2.53. The van der Waals surface area contributed by atoms with Gasteiger partial charge in [0, 0.05) is 20.1 Å². The summed E-state index contributed by atoms with van der Waals surface area (Å²) in [6.07, 6.45) is 8.51. The van der Waals surface area contributed by atoms with E-state index in [-0.39, 0.29) is 25.4 Å². The first kappa shape index (κ1) is 37.3. The summed E-state index contributed by atoms with van der Waals surface area (Å²) in [5.41, 5.74) is 1.00. The lowest BCUT2D eigenvalue weighted by atomic mass is 10.0. The Labute approximate surface area is 245 Å². The smallest absolute Gasteiger partial charge is 0.410 e. The van der Waals surface area contributed by atoms with Crippen LogP contribution in [-0.4, -0.2) is 72.1 Å². The van der Waals surface area contributed by atoms with E-state index >= 15 is 0 Å². The zero-order valence-electron chi connectivity index (χ0n) is 25.7. The molecule has 1 rings (SSSR count). The van der Waals surface area contributed by atoms with Crippen LogP contribution in [0.4, 0.5) is 4.79 Å². The Kier molecular flexibility index (Phi) is 18.4. The topological polar surface area (TPSA) is 125 Å². The molecule has 3 atom stereocenters. The van der Waals surface area contributed by atoms with Gasteiger partial charge in [0.2, 0.25) is 11.8 Å². The third kappa shape index (κ3) is 15.6. The molecule has 1 aromatic rings. The number of aliphatic hydroxyl groups excluding tert-OH is 1. The highest BCUT2D eigenvalue weighted by molar-refractivity contribution is 5.90. The number of hydrogen-bond donors (Lipinski definition) is 3. The summed E-state index contributed by atoms with van der Waals surface area (Å²) >= 11 is 0. The maximum Gasteiger partial charge on any atom is 0.410 e. The molecule has 0 aliphatic rings. The molecule has 0 saturated carbocycles. The van der Waals surface area contributed by atoms with Crippen molar-refractivity contribution in [1.82, 2.24) is 15.5 Å². The van der Waals surface area contributed by atoms with E-state index in [0.29, 0.717) is 19.1 Å². The molecular weight excluding hydrogens is 522 g/mol. The number of nitrogens with zero attached hydrogens (tertiary/aromatic N) is 1. The number of hydrogen-bond acceptors (Lipinski definition) is 6. The predicted molar refractivity (Wildman–Crippen MR) is 163 cm³/mol. The fraction of sp³-hybridized carbons (Fsp3) is 0.500. The first-order valence-electron chi connectivity index (χ1n) is 13.9. The van der Waals surface area contributed by atoms with Crippen molar-refractivity contribution in [1.29, 1.82) is 0 Å². The minimum absolute atomic E-state index is 0.0656. The van der Waals surface area contributed by atoms with Gasteiger partial charge in [0.25, 0.3) is 0 Å². The molecule has 1 aromatic carbocycles. The number of ether oxygens (including phenoxy) is 1. The number of nitrogens with one attached hydrogen (secondary N) is 2. The molecule has 0 heterocycles. The van der Waals surface area contributed by atoms with Crippen LogP contribution in [0.3, 0.4) is 0 Å². The van der Waals surface area contributed by atoms with Crippen molar-refractivity contribution in [3.8, 4) is 0 Å². The van der Waals surface area contributed by atoms with Crippen molar-refractivity contribution in [2.24, 2.45) is 0 Å².